The van der Waals surface area contributed by atoms with Crippen molar-refractivity contribution in [1.29, 1.82) is 0 Å². The van der Waals surface area contributed by atoms with Crippen molar-refractivity contribution in [3.05, 3.63) is 76.4 Å². The molecule has 2 aromatic heterocycles. The molecule has 4 aromatic rings. The second-order valence-corrected chi connectivity index (χ2v) is 11.9. The van der Waals surface area contributed by atoms with Crippen LogP contribution < -0.4 is 14.8 Å². The lowest BCUT2D eigenvalue weighted by Crippen LogP contribution is -2.50. The van der Waals surface area contributed by atoms with E-state index in [1.165, 1.54) is 30.2 Å². The number of aryl methyl sites for hydroxylation is 2. The third-order valence-corrected chi connectivity index (χ3v) is 8.10. The minimum Gasteiger partial charge on any atom is -0.497 e. The Morgan fingerprint density at radius 1 is 0.976 bits per heavy atom. The number of benzene rings is 2. The maximum atomic E-state index is 13.9. The summed E-state index contributed by atoms with van der Waals surface area (Å²) in [5.74, 6) is 0.393. The van der Waals surface area contributed by atoms with E-state index in [9.17, 15) is 9.59 Å². The van der Waals surface area contributed by atoms with Crippen molar-refractivity contribution < 1.29 is 19.1 Å². The van der Waals surface area contributed by atoms with Gasteiger partial charge in [0.05, 0.1) is 37.9 Å². The van der Waals surface area contributed by atoms with Crippen LogP contribution in [0.2, 0.25) is 0 Å². The van der Waals surface area contributed by atoms with E-state index >= 15 is 0 Å². The molecule has 2 heterocycles. The summed E-state index contributed by atoms with van der Waals surface area (Å²) >= 11 is 2.72. The van der Waals surface area contributed by atoms with E-state index in [4.69, 9.17) is 14.5 Å². The number of thiazole rings is 1. The number of nitrogens with one attached hydrogen (secondary N) is 1. The van der Waals surface area contributed by atoms with Crippen molar-refractivity contribution in [3.63, 3.8) is 0 Å². The van der Waals surface area contributed by atoms with Gasteiger partial charge in [0.15, 0.2) is 5.16 Å². The van der Waals surface area contributed by atoms with Gasteiger partial charge in [0, 0.05) is 28.4 Å². The van der Waals surface area contributed by atoms with E-state index in [0.717, 1.165) is 27.7 Å². The number of hydrogen-bond acceptors (Lipinski definition) is 9. The van der Waals surface area contributed by atoms with Gasteiger partial charge in [0.25, 0.3) is 0 Å². The molecule has 0 aliphatic rings. The minimum atomic E-state index is -0.783. The third kappa shape index (κ3) is 7.86. The maximum Gasteiger partial charge on any atom is 0.247 e. The van der Waals surface area contributed by atoms with E-state index < -0.39 is 6.04 Å². The first-order valence-corrected chi connectivity index (χ1v) is 15.3. The van der Waals surface area contributed by atoms with Gasteiger partial charge < -0.3 is 19.7 Å². The summed E-state index contributed by atoms with van der Waals surface area (Å²) in [6.45, 7) is 7.82. The Labute approximate surface area is 254 Å². The van der Waals surface area contributed by atoms with Crippen LogP contribution in [0.5, 0.6) is 11.5 Å². The molecular formula is C31H35N5O4S2. The van der Waals surface area contributed by atoms with Crippen LogP contribution in [0, 0.1) is 19.8 Å². The number of rotatable bonds is 12. The van der Waals surface area contributed by atoms with Crippen molar-refractivity contribution in [2.45, 2.75) is 45.4 Å². The zero-order chi connectivity index (χ0) is 30.2. The predicted octanol–water partition coefficient (Wildman–Crippen LogP) is 6.02. The molecule has 0 aliphatic carbocycles. The molecule has 2 aromatic carbocycles. The highest BCUT2D eigenvalue weighted by molar-refractivity contribution is 7.99. The highest BCUT2D eigenvalue weighted by Crippen LogP contribution is 2.31. The number of carbonyl (C=O) groups excluding carboxylic acids is 2. The van der Waals surface area contributed by atoms with Crippen LogP contribution in [-0.4, -0.2) is 57.7 Å². The van der Waals surface area contributed by atoms with Crippen LogP contribution in [0.25, 0.3) is 11.3 Å². The molecule has 4 rings (SSSR count). The largest absolute Gasteiger partial charge is 0.497 e. The SMILES string of the molecule is COc1ccc(NC(=O)C(C(C)C)N(Cc2nc(-c3ccccc3)cs2)C(=O)CSc2nc(C)cc(C)n2)c(OC)c1. The highest BCUT2D eigenvalue weighted by atomic mass is 32.2. The number of hydrogen-bond donors (Lipinski definition) is 1. The van der Waals surface area contributed by atoms with E-state index in [0.29, 0.717) is 22.3 Å². The molecule has 1 N–H and O–H groups in total. The third-order valence-electron chi connectivity index (χ3n) is 6.44. The molecule has 1 unspecified atom stereocenters. The number of aromatic nitrogens is 3. The first kappa shape index (κ1) is 31.0. The van der Waals surface area contributed by atoms with Crippen molar-refractivity contribution in [2.75, 3.05) is 25.3 Å². The fourth-order valence-corrected chi connectivity index (χ4v) is 6.13. The summed E-state index contributed by atoms with van der Waals surface area (Å²) in [7, 11) is 3.09. The molecule has 0 spiro atoms. The molecule has 0 radical (unpaired) electrons. The monoisotopic (exact) mass is 605 g/mol. The molecule has 1 atom stereocenters. The number of ether oxygens (including phenoxy) is 2. The zero-order valence-electron chi connectivity index (χ0n) is 24.6. The standard InChI is InChI=1S/C31H35N5O4S2/c1-19(2)29(30(38)35-24-13-12-23(39-5)15-26(24)40-6)36(28(37)18-42-31-32-20(3)14-21(4)33-31)16-27-34-25(17-41-27)22-10-8-7-9-11-22/h7-15,17,19,29H,16,18H2,1-6H3,(H,35,38). The van der Waals surface area contributed by atoms with Crippen molar-refractivity contribution in [2.24, 2.45) is 5.92 Å². The van der Waals surface area contributed by atoms with Gasteiger partial charge in [-0.05, 0) is 38.0 Å². The van der Waals surface area contributed by atoms with E-state index in [1.54, 1.807) is 30.2 Å². The van der Waals surface area contributed by atoms with Crippen molar-refractivity contribution >= 4 is 40.6 Å². The topological polar surface area (TPSA) is 107 Å². The molecule has 42 heavy (non-hydrogen) atoms. The van der Waals surface area contributed by atoms with Gasteiger partial charge >= 0.3 is 0 Å². The molecule has 9 nitrogen and oxygen atoms in total. The summed E-state index contributed by atoms with van der Waals surface area (Å²) < 4.78 is 10.8. The van der Waals surface area contributed by atoms with Gasteiger partial charge in [-0.25, -0.2) is 15.0 Å². The quantitative estimate of drug-likeness (QED) is 0.154. The van der Waals surface area contributed by atoms with Gasteiger partial charge in [-0.3, -0.25) is 9.59 Å². The van der Waals surface area contributed by atoms with E-state index in [2.05, 4.69) is 15.3 Å². The fraction of sp³-hybridized carbons (Fsp3) is 0.323. The molecule has 11 heteroatoms. The zero-order valence-corrected chi connectivity index (χ0v) is 26.2. The maximum absolute atomic E-state index is 13.9. The normalized spacial score (nSPS) is 11.7. The van der Waals surface area contributed by atoms with Gasteiger partial charge in [-0.1, -0.05) is 55.9 Å². The van der Waals surface area contributed by atoms with Crippen LogP contribution in [0.4, 0.5) is 5.69 Å². The predicted molar refractivity (Wildman–Crippen MR) is 167 cm³/mol. The highest BCUT2D eigenvalue weighted by Gasteiger charge is 2.34. The molecule has 0 aliphatic heterocycles. The fourth-order valence-electron chi connectivity index (χ4n) is 4.49. The number of thioether (sulfide) groups is 1. The summed E-state index contributed by atoms with van der Waals surface area (Å²) in [6, 6.07) is 16.1. The van der Waals surface area contributed by atoms with Crippen LogP contribution in [-0.2, 0) is 16.1 Å². The molecule has 0 bridgehead atoms. The van der Waals surface area contributed by atoms with Crippen LogP contribution in [0.3, 0.4) is 0 Å². The molecule has 0 saturated carbocycles. The lowest BCUT2D eigenvalue weighted by Gasteiger charge is -2.33. The van der Waals surface area contributed by atoms with Gasteiger partial charge in [-0.15, -0.1) is 11.3 Å². The smallest absolute Gasteiger partial charge is 0.247 e. The Bertz CT molecular complexity index is 1510. The first-order valence-electron chi connectivity index (χ1n) is 13.5. The van der Waals surface area contributed by atoms with Crippen LogP contribution >= 0.6 is 23.1 Å². The van der Waals surface area contributed by atoms with E-state index in [-0.39, 0.29) is 30.0 Å². The van der Waals surface area contributed by atoms with Crippen molar-refractivity contribution in [1.82, 2.24) is 19.9 Å². The Morgan fingerprint density at radius 3 is 2.33 bits per heavy atom. The number of anilines is 1. The first-order chi connectivity index (χ1) is 20.2. The van der Waals surface area contributed by atoms with Gasteiger partial charge in [0.2, 0.25) is 11.8 Å². The molecule has 2 amide bonds. The molecule has 0 fully saturated rings. The average molecular weight is 606 g/mol. The lowest BCUT2D eigenvalue weighted by molar-refractivity contribution is -0.138. The Morgan fingerprint density at radius 2 is 1.69 bits per heavy atom. The van der Waals surface area contributed by atoms with Crippen LogP contribution in [0.15, 0.2) is 65.1 Å². The van der Waals surface area contributed by atoms with Crippen molar-refractivity contribution in [3.8, 4) is 22.8 Å². The number of methoxy groups -OCH3 is 2. The van der Waals surface area contributed by atoms with E-state index in [1.807, 2.05) is 69.5 Å². The summed E-state index contributed by atoms with van der Waals surface area (Å²) in [5, 5.41) is 6.20. The van der Waals surface area contributed by atoms with Gasteiger partial charge in [-0.2, -0.15) is 0 Å². The number of amides is 2. The Kier molecular flexibility index (Phi) is 10.5. The average Bonchev–Trinajstić information content (AvgIpc) is 3.44. The summed E-state index contributed by atoms with van der Waals surface area (Å²) in [4.78, 5) is 43.1. The molecule has 220 valence electrons. The Hall–Kier alpha value is -3.96. The Balaban J connectivity index is 1.63. The van der Waals surface area contributed by atoms with Crippen LogP contribution in [0.1, 0.15) is 30.2 Å². The second kappa shape index (κ2) is 14.3. The number of nitrogens with zero attached hydrogens (tertiary/aromatic N) is 4. The van der Waals surface area contributed by atoms with Gasteiger partial charge in [0.1, 0.15) is 22.5 Å². The summed E-state index contributed by atoms with van der Waals surface area (Å²) in [5.41, 5.74) is 3.97. The molecule has 0 saturated heterocycles. The second-order valence-electron chi connectivity index (χ2n) is 9.98. The lowest BCUT2D eigenvalue weighted by atomic mass is 10.0. The molecular weight excluding hydrogens is 571 g/mol. The minimum absolute atomic E-state index is 0.0716. The number of carbonyl (C=O) groups is 2. The summed E-state index contributed by atoms with van der Waals surface area (Å²) in [6.07, 6.45) is 0.